The molecule has 0 aliphatic rings. The zero-order chi connectivity index (χ0) is 16.9. The molecule has 1 N–H and O–H groups in total. The number of aryl methyl sites for hydroxylation is 1. The van der Waals surface area contributed by atoms with Crippen LogP contribution in [0, 0.1) is 24.2 Å². The Morgan fingerprint density at radius 3 is 2.26 bits per heavy atom. The number of sulfonamides is 1. The fourth-order valence-electron chi connectivity index (χ4n) is 2.22. The van der Waals surface area contributed by atoms with Gasteiger partial charge < -0.3 is 0 Å². The van der Waals surface area contributed by atoms with Gasteiger partial charge >= 0.3 is 0 Å². The minimum atomic E-state index is -3.74. The highest BCUT2D eigenvalue weighted by Gasteiger charge is 2.26. The summed E-state index contributed by atoms with van der Waals surface area (Å²) in [7, 11) is -3.74. The number of hydrogen-bond acceptors (Lipinski definition) is 3. The normalized spacial score (nSPS) is 13.7. The average molecular weight is 326 g/mol. The summed E-state index contributed by atoms with van der Waals surface area (Å²) in [6, 6.07) is 17.0. The lowest BCUT2D eigenvalue weighted by Gasteiger charge is -2.21. The number of nitriles is 1. The predicted molar refractivity (Wildman–Crippen MR) is 90.0 cm³/mol. The average Bonchev–Trinajstić information content (AvgIpc) is 2.56. The van der Waals surface area contributed by atoms with Gasteiger partial charge in [-0.1, -0.05) is 54.1 Å². The maximum atomic E-state index is 12.6. The van der Waals surface area contributed by atoms with Gasteiger partial charge in [0.05, 0.1) is 22.9 Å². The second kappa shape index (κ2) is 7.23. The predicted octanol–water partition coefficient (Wildman–Crippen LogP) is 3.34. The van der Waals surface area contributed by atoms with Crippen molar-refractivity contribution in [3.05, 3.63) is 78.4 Å². The van der Waals surface area contributed by atoms with Crippen LogP contribution in [0.15, 0.2) is 72.1 Å². The Hall–Kier alpha value is -2.42. The van der Waals surface area contributed by atoms with E-state index < -0.39 is 22.0 Å². The molecule has 0 saturated heterocycles. The fourth-order valence-corrected chi connectivity index (χ4v) is 3.47. The van der Waals surface area contributed by atoms with Gasteiger partial charge in [-0.3, -0.25) is 0 Å². The summed E-state index contributed by atoms with van der Waals surface area (Å²) in [6.07, 6.45) is 1.45. The number of nitrogens with zero attached hydrogens (tertiary/aromatic N) is 1. The zero-order valence-electron chi connectivity index (χ0n) is 12.8. The number of benzene rings is 2. The molecular formula is C18H18N2O2S. The van der Waals surface area contributed by atoms with Crippen molar-refractivity contribution in [1.29, 1.82) is 5.26 Å². The Labute approximate surface area is 137 Å². The first-order valence-corrected chi connectivity index (χ1v) is 8.62. The topological polar surface area (TPSA) is 70.0 Å². The van der Waals surface area contributed by atoms with Crippen molar-refractivity contribution in [2.75, 3.05) is 0 Å². The zero-order valence-corrected chi connectivity index (χ0v) is 13.6. The molecule has 0 heterocycles. The maximum Gasteiger partial charge on any atom is 0.241 e. The van der Waals surface area contributed by atoms with Crippen molar-refractivity contribution in [3.8, 4) is 6.07 Å². The van der Waals surface area contributed by atoms with Crippen molar-refractivity contribution in [1.82, 2.24) is 4.72 Å². The third kappa shape index (κ3) is 4.07. The van der Waals surface area contributed by atoms with Crippen molar-refractivity contribution >= 4 is 10.0 Å². The molecule has 0 saturated carbocycles. The van der Waals surface area contributed by atoms with Gasteiger partial charge in [0.1, 0.15) is 0 Å². The standard InChI is InChI=1S/C18H18N2O2S/c1-3-15(13-19)18(16-7-5-4-6-8-16)20-23(21,22)17-11-9-14(2)10-12-17/h3-12,15,18,20H,1H2,2H3. The number of hydrogen-bond donors (Lipinski definition) is 1. The van der Waals surface area contributed by atoms with Crippen LogP contribution in [0.3, 0.4) is 0 Å². The molecule has 2 atom stereocenters. The molecule has 0 amide bonds. The van der Waals surface area contributed by atoms with E-state index in [1.54, 1.807) is 48.5 Å². The third-order valence-corrected chi connectivity index (χ3v) is 4.99. The highest BCUT2D eigenvalue weighted by atomic mass is 32.2. The summed E-state index contributed by atoms with van der Waals surface area (Å²) in [5.74, 6) is -0.669. The molecule has 2 rings (SSSR count). The first-order valence-electron chi connectivity index (χ1n) is 7.14. The van der Waals surface area contributed by atoms with Crippen LogP contribution >= 0.6 is 0 Å². The van der Waals surface area contributed by atoms with Crippen LogP contribution in [0.1, 0.15) is 17.2 Å². The monoisotopic (exact) mass is 326 g/mol. The van der Waals surface area contributed by atoms with E-state index in [-0.39, 0.29) is 4.90 Å². The second-order valence-electron chi connectivity index (χ2n) is 5.21. The summed E-state index contributed by atoms with van der Waals surface area (Å²) in [4.78, 5) is 0.171. The Kier molecular flexibility index (Phi) is 5.32. The van der Waals surface area contributed by atoms with Gasteiger partial charge in [-0.05, 0) is 24.6 Å². The van der Waals surface area contributed by atoms with E-state index in [1.807, 2.05) is 13.0 Å². The van der Waals surface area contributed by atoms with Crippen LogP contribution in [0.4, 0.5) is 0 Å². The molecule has 0 aliphatic carbocycles. The van der Waals surface area contributed by atoms with E-state index in [1.165, 1.54) is 6.08 Å². The highest BCUT2D eigenvalue weighted by Crippen LogP contribution is 2.25. The van der Waals surface area contributed by atoms with E-state index in [0.29, 0.717) is 0 Å². The fraction of sp³-hybridized carbons (Fsp3) is 0.167. The molecule has 0 radical (unpaired) electrons. The molecular weight excluding hydrogens is 308 g/mol. The van der Waals surface area contributed by atoms with Crippen molar-refractivity contribution in [2.24, 2.45) is 5.92 Å². The van der Waals surface area contributed by atoms with Crippen LogP contribution < -0.4 is 4.72 Å². The molecule has 4 nitrogen and oxygen atoms in total. The molecule has 2 unspecified atom stereocenters. The van der Waals surface area contributed by atoms with E-state index >= 15 is 0 Å². The van der Waals surface area contributed by atoms with Crippen LogP contribution in [0.25, 0.3) is 0 Å². The SMILES string of the molecule is C=CC(C#N)C(NS(=O)(=O)c1ccc(C)cc1)c1ccccc1. The molecule has 0 aromatic heterocycles. The lowest BCUT2D eigenvalue weighted by Crippen LogP contribution is -2.32. The minimum absolute atomic E-state index is 0.171. The molecule has 0 bridgehead atoms. The molecule has 0 spiro atoms. The van der Waals surface area contributed by atoms with E-state index in [2.05, 4.69) is 17.4 Å². The van der Waals surface area contributed by atoms with Crippen LogP contribution in [0.2, 0.25) is 0 Å². The van der Waals surface area contributed by atoms with Crippen molar-refractivity contribution in [2.45, 2.75) is 17.9 Å². The third-order valence-electron chi connectivity index (χ3n) is 3.53. The molecule has 2 aromatic rings. The minimum Gasteiger partial charge on any atom is -0.207 e. The second-order valence-corrected chi connectivity index (χ2v) is 6.93. The summed E-state index contributed by atoms with van der Waals surface area (Å²) in [6.45, 7) is 5.52. The Morgan fingerprint density at radius 1 is 1.13 bits per heavy atom. The van der Waals surface area contributed by atoms with Gasteiger partial charge in [0.25, 0.3) is 0 Å². The maximum absolute atomic E-state index is 12.6. The van der Waals surface area contributed by atoms with E-state index in [9.17, 15) is 13.7 Å². The Bertz CT molecular complexity index is 806. The van der Waals surface area contributed by atoms with Gasteiger partial charge in [-0.2, -0.15) is 5.26 Å². The lowest BCUT2D eigenvalue weighted by atomic mass is 9.95. The molecule has 5 heteroatoms. The smallest absolute Gasteiger partial charge is 0.207 e. The molecule has 23 heavy (non-hydrogen) atoms. The first-order chi connectivity index (χ1) is 11.0. The highest BCUT2D eigenvalue weighted by molar-refractivity contribution is 7.89. The quantitative estimate of drug-likeness (QED) is 0.828. The van der Waals surface area contributed by atoms with Gasteiger partial charge in [0.15, 0.2) is 0 Å². The van der Waals surface area contributed by atoms with E-state index in [4.69, 9.17) is 0 Å². The van der Waals surface area contributed by atoms with Crippen LogP contribution in [0.5, 0.6) is 0 Å². The molecule has 0 aliphatic heterocycles. The van der Waals surface area contributed by atoms with Gasteiger partial charge in [0, 0.05) is 0 Å². The van der Waals surface area contributed by atoms with E-state index in [0.717, 1.165) is 11.1 Å². The van der Waals surface area contributed by atoms with Gasteiger partial charge in [0.2, 0.25) is 10.0 Å². The largest absolute Gasteiger partial charge is 0.241 e. The van der Waals surface area contributed by atoms with Crippen molar-refractivity contribution in [3.63, 3.8) is 0 Å². The summed E-state index contributed by atoms with van der Waals surface area (Å²) < 4.78 is 27.8. The summed E-state index contributed by atoms with van der Waals surface area (Å²) in [5, 5.41) is 9.31. The number of rotatable bonds is 6. The number of nitrogens with one attached hydrogen (secondary N) is 1. The first kappa shape index (κ1) is 16.9. The summed E-state index contributed by atoms with van der Waals surface area (Å²) >= 11 is 0. The van der Waals surface area contributed by atoms with Gasteiger partial charge in [-0.15, -0.1) is 6.58 Å². The Morgan fingerprint density at radius 2 is 1.74 bits per heavy atom. The van der Waals surface area contributed by atoms with Gasteiger partial charge in [-0.25, -0.2) is 13.1 Å². The van der Waals surface area contributed by atoms with Crippen molar-refractivity contribution < 1.29 is 8.42 Å². The van der Waals surface area contributed by atoms with Crippen LogP contribution in [-0.4, -0.2) is 8.42 Å². The van der Waals surface area contributed by atoms with Crippen LogP contribution in [-0.2, 0) is 10.0 Å². The molecule has 0 fully saturated rings. The molecule has 2 aromatic carbocycles. The molecule has 118 valence electrons. The Balaban J connectivity index is 2.39. The summed E-state index contributed by atoms with van der Waals surface area (Å²) in [5.41, 5.74) is 1.69. The lowest BCUT2D eigenvalue weighted by molar-refractivity contribution is 0.528.